The van der Waals surface area contributed by atoms with Crippen molar-refractivity contribution in [1.82, 2.24) is 4.98 Å². The predicted molar refractivity (Wildman–Crippen MR) is 40.1 cm³/mol. The second-order valence-corrected chi connectivity index (χ2v) is 2.12. The first-order chi connectivity index (χ1) is 5.70. The van der Waals surface area contributed by atoms with E-state index in [0.717, 1.165) is 0 Å². The topological polar surface area (TPSA) is 48.1 Å². The number of ether oxygens (including phenoxy) is 1. The van der Waals surface area contributed by atoms with E-state index in [1.807, 2.05) is 0 Å². The van der Waals surface area contributed by atoms with E-state index in [1.54, 1.807) is 0 Å². The van der Waals surface area contributed by atoms with Crippen LogP contribution in [0.25, 0.3) is 0 Å². The number of nitrogen functional groups attached to an aromatic ring is 1. The average Bonchev–Trinajstić information content (AvgIpc) is 2.03. The number of rotatable bonds is 3. The van der Waals surface area contributed by atoms with Gasteiger partial charge in [-0.3, -0.25) is 4.98 Å². The Kier molecular flexibility index (Phi) is 2.79. The number of nitrogens with zero attached hydrogens (tertiary/aromatic N) is 1. The zero-order valence-corrected chi connectivity index (χ0v) is 6.21. The molecule has 3 nitrogen and oxygen atoms in total. The van der Waals surface area contributed by atoms with Crippen molar-refractivity contribution in [2.24, 2.45) is 0 Å². The SMILES string of the molecule is Nc1ccncc1OCC(F)F. The zero-order valence-electron chi connectivity index (χ0n) is 6.21. The summed E-state index contributed by atoms with van der Waals surface area (Å²) in [6, 6.07) is 1.49. The maximum Gasteiger partial charge on any atom is 0.272 e. The molecule has 0 unspecified atom stereocenters. The zero-order chi connectivity index (χ0) is 8.97. The lowest BCUT2D eigenvalue weighted by Crippen LogP contribution is -2.08. The fraction of sp³-hybridized carbons (Fsp3) is 0.286. The van der Waals surface area contributed by atoms with Gasteiger partial charge in [-0.2, -0.15) is 0 Å². The molecule has 0 aliphatic heterocycles. The molecule has 0 aliphatic rings. The van der Waals surface area contributed by atoms with Crippen LogP contribution >= 0.6 is 0 Å². The van der Waals surface area contributed by atoms with E-state index in [-0.39, 0.29) is 5.75 Å². The molecule has 1 aromatic heterocycles. The Morgan fingerprint density at radius 2 is 2.33 bits per heavy atom. The molecular weight excluding hydrogens is 166 g/mol. The number of alkyl halides is 2. The minimum atomic E-state index is -2.50. The van der Waals surface area contributed by atoms with E-state index >= 15 is 0 Å². The van der Waals surface area contributed by atoms with Gasteiger partial charge >= 0.3 is 0 Å². The normalized spacial score (nSPS) is 10.2. The number of pyridine rings is 1. The molecule has 0 aliphatic carbocycles. The Bertz CT molecular complexity index is 255. The molecule has 0 fully saturated rings. The molecule has 0 saturated carbocycles. The van der Waals surface area contributed by atoms with E-state index in [9.17, 15) is 8.78 Å². The fourth-order valence-electron chi connectivity index (χ4n) is 0.664. The quantitative estimate of drug-likeness (QED) is 0.751. The molecule has 1 heterocycles. The van der Waals surface area contributed by atoms with Crippen LogP contribution in [0.5, 0.6) is 5.75 Å². The van der Waals surface area contributed by atoms with Crippen LogP contribution < -0.4 is 10.5 Å². The minimum absolute atomic E-state index is 0.192. The number of hydrogen-bond donors (Lipinski definition) is 1. The smallest absolute Gasteiger partial charge is 0.272 e. The number of hydrogen-bond acceptors (Lipinski definition) is 3. The highest BCUT2D eigenvalue weighted by molar-refractivity contribution is 5.49. The van der Waals surface area contributed by atoms with Gasteiger partial charge in [-0.1, -0.05) is 0 Å². The lowest BCUT2D eigenvalue weighted by molar-refractivity contribution is 0.0821. The molecule has 0 saturated heterocycles. The van der Waals surface area contributed by atoms with E-state index < -0.39 is 13.0 Å². The van der Waals surface area contributed by atoms with Gasteiger partial charge in [-0.25, -0.2) is 8.78 Å². The largest absolute Gasteiger partial charge is 0.484 e. The molecule has 0 radical (unpaired) electrons. The number of nitrogens with two attached hydrogens (primary N) is 1. The van der Waals surface area contributed by atoms with Gasteiger partial charge in [0.05, 0.1) is 11.9 Å². The van der Waals surface area contributed by atoms with Crippen molar-refractivity contribution in [3.8, 4) is 5.75 Å². The fourth-order valence-corrected chi connectivity index (χ4v) is 0.664. The van der Waals surface area contributed by atoms with Crippen molar-refractivity contribution in [3.05, 3.63) is 18.5 Å². The van der Waals surface area contributed by atoms with Gasteiger partial charge in [0.25, 0.3) is 6.43 Å². The summed E-state index contributed by atoms with van der Waals surface area (Å²) < 4.78 is 28.0. The predicted octanol–water partition coefficient (Wildman–Crippen LogP) is 1.31. The average molecular weight is 174 g/mol. The van der Waals surface area contributed by atoms with Crippen LogP contribution in [0.1, 0.15) is 0 Å². The van der Waals surface area contributed by atoms with Gasteiger partial charge in [-0.05, 0) is 6.07 Å². The monoisotopic (exact) mass is 174 g/mol. The van der Waals surface area contributed by atoms with E-state index in [0.29, 0.717) is 5.69 Å². The highest BCUT2D eigenvalue weighted by Crippen LogP contribution is 2.18. The third-order valence-corrected chi connectivity index (χ3v) is 1.18. The molecule has 0 bridgehead atoms. The summed E-state index contributed by atoms with van der Waals surface area (Å²) in [5.74, 6) is 0.192. The van der Waals surface area contributed by atoms with Gasteiger partial charge in [0.15, 0.2) is 5.75 Å². The first kappa shape index (κ1) is 8.70. The third-order valence-electron chi connectivity index (χ3n) is 1.18. The van der Waals surface area contributed by atoms with Crippen LogP contribution in [0.2, 0.25) is 0 Å². The molecule has 2 N–H and O–H groups in total. The maximum atomic E-state index is 11.7. The first-order valence-corrected chi connectivity index (χ1v) is 3.30. The van der Waals surface area contributed by atoms with Crippen molar-refractivity contribution >= 4 is 5.69 Å². The van der Waals surface area contributed by atoms with Crippen LogP contribution in [-0.2, 0) is 0 Å². The van der Waals surface area contributed by atoms with Crippen molar-refractivity contribution < 1.29 is 13.5 Å². The Hall–Kier alpha value is -1.39. The molecule has 0 spiro atoms. The summed E-state index contributed by atoms with van der Waals surface area (Å²) >= 11 is 0. The lowest BCUT2D eigenvalue weighted by atomic mass is 10.4. The maximum absolute atomic E-state index is 11.7. The molecule has 0 amide bonds. The van der Waals surface area contributed by atoms with E-state index in [2.05, 4.69) is 9.72 Å². The van der Waals surface area contributed by atoms with Gasteiger partial charge in [0.2, 0.25) is 0 Å². The Morgan fingerprint density at radius 1 is 1.58 bits per heavy atom. The van der Waals surface area contributed by atoms with Crippen LogP contribution in [0.4, 0.5) is 14.5 Å². The van der Waals surface area contributed by atoms with Crippen molar-refractivity contribution in [3.63, 3.8) is 0 Å². The van der Waals surface area contributed by atoms with Crippen molar-refractivity contribution in [2.75, 3.05) is 12.3 Å². The molecule has 12 heavy (non-hydrogen) atoms. The molecule has 0 aromatic carbocycles. The summed E-state index contributed by atoms with van der Waals surface area (Å²) in [5.41, 5.74) is 5.71. The molecule has 1 rings (SSSR count). The number of anilines is 1. The van der Waals surface area contributed by atoms with Crippen LogP contribution in [0.3, 0.4) is 0 Å². The van der Waals surface area contributed by atoms with Gasteiger partial charge in [0, 0.05) is 6.20 Å². The second-order valence-electron chi connectivity index (χ2n) is 2.12. The summed E-state index contributed by atoms with van der Waals surface area (Å²) in [7, 11) is 0. The Balaban J connectivity index is 2.57. The molecular formula is C7H8F2N2O. The highest BCUT2D eigenvalue weighted by atomic mass is 19.3. The van der Waals surface area contributed by atoms with Crippen molar-refractivity contribution in [2.45, 2.75) is 6.43 Å². The molecule has 5 heteroatoms. The Labute approximate surface area is 68.2 Å². The number of aromatic nitrogens is 1. The van der Waals surface area contributed by atoms with Crippen LogP contribution in [-0.4, -0.2) is 18.0 Å². The van der Waals surface area contributed by atoms with E-state index in [1.165, 1.54) is 18.5 Å². The summed E-state index contributed by atoms with van der Waals surface area (Å²) in [6.07, 6.45) is 0.270. The highest BCUT2D eigenvalue weighted by Gasteiger charge is 2.05. The van der Waals surface area contributed by atoms with E-state index in [4.69, 9.17) is 5.73 Å². The van der Waals surface area contributed by atoms with Gasteiger partial charge < -0.3 is 10.5 Å². The lowest BCUT2D eigenvalue weighted by Gasteiger charge is -2.06. The Morgan fingerprint density at radius 3 is 2.92 bits per heavy atom. The molecule has 66 valence electrons. The summed E-state index contributed by atoms with van der Waals surface area (Å²) in [4.78, 5) is 3.67. The van der Waals surface area contributed by atoms with Crippen LogP contribution in [0.15, 0.2) is 18.5 Å². The van der Waals surface area contributed by atoms with Gasteiger partial charge in [0.1, 0.15) is 6.61 Å². The van der Waals surface area contributed by atoms with Crippen LogP contribution in [0, 0.1) is 0 Å². The van der Waals surface area contributed by atoms with Crippen molar-refractivity contribution in [1.29, 1.82) is 0 Å². The second kappa shape index (κ2) is 3.85. The van der Waals surface area contributed by atoms with Gasteiger partial charge in [-0.15, -0.1) is 0 Å². The number of halogens is 2. The summed E-state index contributed by atoms with van der Waals surface area (Å²) in [6.45, 7) is -0.657. The minimum Gasteiger partial charge on any atom is -0.484 e. The third kappa shape index (κ3) is 2.34. The molecule has 1 aromatic rings. The first-order valence-electron chi connectivity index (χ1n) is 3.30. The molecule has 0 atom stereocenters. The standard InChI is InChI=1S/C7H8F2N2O/c8-7(9)4-12-6-3-11-2-1-5(6)10/h1-3,7H,4H2,(H2,10,11). The summed E-state index contributed by atoms with van der Waals surface area (Å²) in [5, 5.41) is 0.